The summed E-state index contributed by atoms with van der Waals surface area (Å²) in [5, 5.41) is 4.18. The van der Waals surface area contributed by atoms with Crippen LogP contribution in [0, 0.1) is 6.92 Å². The summed E-state index contributed by atoms with van der Waals surface area (Å²) in [5.41, 5.74) is 3.24. The molecular formula is C30H36N8O3S. The van der Waals surface area contributed by atoms with Gasteiger partial charge in [0.15, 0.2) is 0 Å². The first-order valence-corrected chi connectivity index (χ1v) is 15.1. The van der Waals surface area contributed by atoms with Gasteiger partial charge in [0.25, 0.3) is 5.91 Å². The molecule has 220 valence electrons. The molecule has 3 aromatic heterocycles. The monoisotopic (exact) mass is 588 g/mol. The number of amides is 1. The second-order valence-corrected chi connectivity index (χ2v) is 11.7. The second-order valence-electron chi connectivity index (χ2n) is 10.6. The summed E-state index contributed by atoms with van der Waals surface area (Å²) in [5.74, 6) is 2.07. The maximum absolute atomic E-state index is 13.3. The van der Waals surface area contributed by atoms with Crippen molar-refractivity contribution in [2.24, 2.45) is 0 Å². The minimum Gasteiger partial charge on any atom is -0.377 e. The molecule has 2 unspecified atom stereocenters. The number of benzene rings is 1. The maximum Gasteiger partial charge on any atom is 0.254 e. The van der Waals surface area contributed by atoms with E-state index in [0.29, 0.717) is 30.3 Å². The molecule has 1 aromatic carbocycles. The number of piperazine rings is 1. The predicted molar refractivity (Wildman–Crippen MR) is 165 cm³/mol. The van der Waals surface area contributed by atoms with E-state index in [1.54, 1.807) is 30.5 Å². The number of fused-ring (bicyclic) bond motifs is 1. The smallest absolute Gasteiger partial charge is 0.254 e. The lowest BCUT2D eigenvalue weighted by Gasteiger charge is -2.34. The van der Waals surface area contributed by atoms with Crippen molar-refractivity contribution in [1.82, 2.24) is 29.7 Å². The number of thiazole rings is 1. The van der Waals surface area contributed by atoms with Crippen molar-refractivity contribution in [3.8, 4) is 10.6 Å². The van der Waals surface area contributed by atoms with Crippen molar-refractivity contribution in [3.63, 3.8) is 0 Å². The maximum atomic E-state index is 13.3. The van der Waals surface area contributed by atoms with Crippen LogP contribution in [0.3, 0.4) is 0 Å². The Morgan fingerprint density at radius 2 is 1.76 bits per heavy atom. The van der Waals surface area contributed by atoms with Gasteiger partial charge in [-0.2, -0.15) is 4.98 Å². The first kappa shape index (κ1) is 28.4. The number of hydrogen-bond acceptors (Lipinski definition) is 11. The van der Waals surface area contributed by atoms with Gasteiger partial charge in [-0.3, -0.25) is 4.79 Å². The highest BCUT2D eigenvalue weighted by atomic mass is 32.1. The molecule has 42 heavy (non-hydrogen) atoms. The number of carbonyl (C=O) groups excluding carboxylic acids is 1. The third-order valence-electron chi connectivity index (χ3n) is 7.94. The fourth-order valence-electron chi connectivity index (χ4n) is 5.51. The van der Waals surface area contributed by atoms with Crippen molar-refractivity contribution < 1.29 is 14.3 Å². The Morgan fingerprint density at radius 1 is 1.00 bits per heavy atom. The fraction of sp³-hybridized carbons (Fsp3) is 0.433. The molecule has 0 aliphatic carbocycles. The number of aromatic nitrogens is 4. The van der Waals surface area contributed by atoms with E-state index in [-0.39, 0.29) is 18.1 Å². The van der Waals surface area contributed by atoms with Gasteiger partial charge in [-0.1, -0.05) is 19.1 Å². The van der Waals surface area contributed by atoms with Crippen LogP contribution in [0.15, 0.2) is 42.6 Å². The minimum atomic E-state index is -0.129. The lowest BCUT2D eigenvalue weighted by molar-refractivity contribution is -0.00461. The summed E-state index contributed by atoms with van der Waals surface area (Å²) in [7, 11) is 3.30. The van der Waals surface area contributed by atoms with Gasteiger partial charge < -0.3 is 29.5 Å². The number of aryl methyl sites for hydroxylation is 1. The average molecular weight is 589 g/mol. The predicted octanol–water partition coefficient (Wildman–Crippen LogP) is 3.83. The molecular weight excluding hydrogens is 552 g/mol. The van der Waals surface area contributed by atoms with Gasteiger partial charge in [-0.05, 0) is 25.6 Å². The number of methoxy groups -OCH3 is 2. The third kappa shape index (κ3) is 5.93. The fourth-order valence-corrected chi connectivity index (χ4v) is 6.42. The molecule has 4 aromatic rings. The molecule has 12 heteroatoms. The lowest BCUT2D eigenvalue weighted by atomic mass is 10.1. The Hall–Kier alpha value is -3.71. The zero-order valence-electron chi connectivity index (χ0n) is 24.4. The number of carbonyl (C=O) groups is 1. The molecule has 0 radical (unpaired) electrons. The SMILES string of the molecule is CCN1CCN(c2nc(C)cc(Nc3cc4nc(-c5cccc(C(=O)N6CC(OC)C(OC)C6)c5)sc4cn3)n2)CC1. The second kappa shape index (κ2) is 12.3. The van der Waals surface area contributed by atoms with Crippen molar-refractivity contribution in [2.45, 2.75) is 26.1 Å². The number of nitrogens with one attached hydrogen (secondary N) is 1. The number of likely N-dealkylation sites (tertiary alicyclic amines) is 1. The van der Waals surface area contributed by atoms with E-state index in [0.717, 1.165) is 65.2 Å². The number of anilines is 3. The topological polar surface area (TPSA) is 109 Å². The van der Waals surface area contributed by atoms with E-state index < -0.39 is 0 Å². The largest absolute Gasteiger partial charge is 0.377 e. The van der Waals surface area contributed by atoms with E-state index in [2.05, 4.69) is 32.0 Å². The molecule has 1 N–H and O–H groups in total. The molecule has 0 bridgehead atoms. The molecule has 0 saturated carbocycles. The summed E-state index contributed by atoms with van der Waals surface area (Å²) in [6, 6.07) is 11.5. The summed E-state index contributed by atoms with van der Waals surface area (Å²) >= 11 is 1.55. The first-order chi connectivity index (χ1) is 20.4. The van der Waals surface area contributed by atoms with Gasteiger partial charge >= 0.3 is 0 Å². The highest BCUT2D eigenvalue weighted by Gasteiger charge is 2.36. The zero-order valence-corrected chi connectivity index (χ0v) is 25.2. The lowest BCUT2D eigenvalue weighted by Crippen LogP contribution is -2.46. The van der Waals surface area contributed by atoms with Crippen LogP contribution in [0.2, 0.25) is 0 Å². The van der Waals surface area contributed by atoms with Crippen LogP contribution in [0.4, 0.5) is 17.6 Å². The molecule has 2 aliphatic heterocycles. The molecule has 6 rings (SSSR count). The Balaban J connectivity index is 1.19. The molecule has 5 heterocycles. The van der Waals surface area contributed by atoms with Gasteiger partial charge in [0, 0.05) is 88.6 Å². The normalized spacial score (nSPS) is 19.5. The summed E-state index contributed by atoms with van der Waals surface area (Å²) < 4.78 is 12.0. The van der Waals surface area contributed by atoms with Crippen molar-refractivity contribution in [3.05, 3.63) is 53.9 Å². The summed E-state index contributed by atoms with van der Waals surface area (Å²) in [4.78, 5) is 38.7. The number of rotatable bonds is 8. The minimum absolute atomic E-state index is 0.0422. The number of ether oxygens (including phenoxy) is 2. The standard InChI is InChI=1S/C30H36N8O3S/c1-5-36-9-11-37(12-10-36)30-32-19(2)13-27(35-30)34-26-15-22-25(16-31-26)42-28(33-22)20-7-6-8-21(14-20)29(39)38-17-23(40-3)24(18-38)41-4/h6-8,13-16,23-24H,5,9-12,17-18H2,1-4H3,(H,31,32,34,35). The number of likely N-dealkylation sites (N-methyl/N-ethyl adjacent to an activating group) is 1. The van der Waals surface area contributed by atoms with Crippen LogP contribution >= 0.6 is 11.3 Å². The molecule has 0 spiro atoms. The van der Waals surface area contributed by atoms with Crippen molar-refractivity contribution >= 4 is 45.0 Å². The molecule has 2 aliphatic rings. The average Bonchev–Trinajstić information content (AvgIpc) is 3.64. The van der Waals surface area contributed by atoms with E-state index in [1.165, 1.54) is 0 Å². The summed E-state index contributed by atoms with van der Waals surface area (Å²) in [6.07, 6.45) is 1.57. The molecule has 1 amide bonds. The van der Waals surface area contributed by atoms with Crippen LogP contribution in [0.1, 0.15) is 23.0 Å². The van der Waals surface area contributed by atoms with Gasteiger partial charge in [-0.25, -0.2) is 15.0 Å². The molecule has 2 saturated heterocycles. The number of nitrogens with zero attached hydrogens (tertiary/aromatic N) is 7. The van der Waals surface area contributed by atoms with Crippen LogP contribution in [0.5, 0.6) is 0 Å². The number of hydrogen-bond donors (Lipinski definition) is 1. The Bertz CT molecular complexity index is 1560. The Labute approximate surface area is 249 Å². The van der Waals surface area contributed by atoms with E-state index in [9.17, 15) is 4.79 Å². The van der Waals surface area contributed by atoms with Crippen LogP contribution in [0.25, 0.3) is 20.8 Å². The van der Waals surface area contributed by atoms with E-state index in [4.69, 9.17) is 19.4 Å². The van der Waals surface area contributed by atoms with Crippen molar-refractivity contribution in [1.29, 1.82) is 0 Å². The van der Waals surface area contributed by atoms with E-state index in [1.807, 2.05) is 49.5 Å². The molecule has 2 atom stereocenters. The number of pyridine rings is 1. The quantitative estimate of drug-likeness (QED) is 0.326. The highest BCUT2D eigenvalue weighted by Crippen LogP contribution is 2.32. The van der Waals surface area contributed by atoms with Gasteiger partial charge in [0.1, 0.15) is 28.9 Å². The van der Waals surface area contributed by atoms with Crippen LogP contribution in [-0.2, 0) is 9.47 Å². The molecule has 2 fully saturated rings. The first-order valence-electron chi connectivity index (χ1n) is 14.3. The van der Waals surface area contributed by atoms with Crippen LogP contribution in [-0.4, -0.2) is 108 Å². The van der Waals surface area contributed by atoms with Crippen LogP contribution < -0.4 is 10.2 Å². The highest BCUT2D eigenvalue weighted by molar-refractivity contribution is 7.21. The van der Waals surface area contributed by atoms with Gasteiger partial charge in [0.2, 0.25) is 5.95 Å². The van der Waals surface area contributed by atoms with E-state index >= 15 is 0 Å². The van der Waals surface area contributed by atoms with Gasteiger partial charge in [-0.15, -0.1) is 11.3 Å². The molecule has 11 nitrogen and oxygen atoms in total. The Kier molecular flexibility index (Phi) is 8.29. The zero-order chi connectivity index (χ0) is 29.2. The third-order valence-corrected chi connectivity index (χ3v) is 9.00. The van der Waals surface area contributed by atoms with Crippen molar-refractivity contribution in [2.75, 3.05) is 70.2 Å². The van der Waals surface area contributed by atoms with Gasteiger partial charge in [0.05, 0.1) is 10.2 Å². The summed E-state index contributed by atoms with van der Waals surface area (Å²) in [6.45, 7) is 10.1. The Morgan fingerprint density at radius 3 is 2.48 bits per heavy atom.